The molecule has 0 saturated carbocycles. The van der Waals surface area contributed by atoms with E-state index in [4.69, 9.17) is 5.73 Å². The van der Waals surface area contributed by atoms with Crippen molar-refractivity contribution in [2.24, 2.45) is 0 Å². The van der Waals surface area contributed by atoms with Gasteiger partial charge in [0.25, 0.3) is 5.91 Å². The third-order valence-corrected chi connectivity index (χ3v) is 3.48. The van der Waals surface area contributed by atoms with Gasteiger partial charge in [0.1, 0.15) is 0 Å². The van der Waals surface area contributed by atoms with Gasteiger partial charge in [0.05, 0.1) is 23.1 Å². The average molecular weight is 247 g/mol. The van der Waals surface area contributed by atoms with E-state index in [2.05, 4.69) is 4.98 Å². The van der Waals surface area contributed by atoms with Crippen molar-refractivity contribution < 1.29 is 4.79 Å². The van der Waals surface area contributed by atoms with Crippen molar-refractivity contribution in [1.82, 2.24) is 9.88 Å². The highest BCUT2D eigenvalue weighted by molar-refractivity contribution is 5.96. The SMILES string of the molecule is Cc1ncc(N)cc1C(=O)N1CCCCCCC1. The van der Waals surface area contributed by atoms with E-state index in [1.165, 1.54) is 19.3 Å². The molecule has 1 amide bonds. The summed E-state index contributed by atoms with van der Waals surface area (Å²) in [5.41, 5.74) is 7.68. The molecule has 0 aromatic carbocycles. The Morgan fingerprint density at radius 3 is 2.50 bits per heavy atom. The van der Waals surface area contributed by atoms with Crippen LogP contribution < -0.4 is 5.73 Å². The minimum atomic E-state index is 0.0780. The van der Waals surface area contributed by atoms with E-state index in [-0.39, 0.29) is 5.91 Å². The first-order chi connectivity index (χ1) is 8.68. The normalized spacial score (nSPS) is 17.1. The second-order valence-electron chi connectivity index (χ2n) is 4.96. The molecule has 0 bridgehead atoms. The second kappa shape index (κ2) is 5.85. The molecular weight excluding hydrogens is 226 g/mol. The van der Waals surface area contributed by atoms with Gasteiger partial charge in [-0.05, 0) is 25.8 Å². The second-order valence-corrected chi connectivity index (χ2v) is 4.96. The quantitative estimate of drug-likeness (QED) is 0.829. The number of amides is 1. The Labute approximate surface area is 108 Å². The van der Waals surface area contributed by atoms with Crippen LogP contribution in [0.15, 0.2) is 12.3 Å². The smallest absolute Gasteiger partial charge is 0.255 e. The number of nitrogens with zero attached hydrogens (tertiary/aromatic N) is 2. The van der Waals surface area contributed by atoms with Gasteiger partial charge in [-0.25, -0.2) is 0 Å². The summed E-state index contributed by atoms with van der Waals surface area (Å²) in [5.74, 6) is 0.0780. The highest BCUT2D eigenvalue weighted by atomic mass is 16.2. The monoisotopic (exact) mass is 247 g/mol. The molecule has 2 heterocycles. The van der Waals surface area contributed by atoms with Gasteiger partial charge in [0, 0.05) is 13.1 Å². The van der Waals surface area contributed by atoms with Crippen LogP contribution in [0.3, 0.4) is 0 Å². The number of rotatable bonds is 1. The Kier molecular flexibility index (Phi) is 4.18. The molecule has 2 rings (SSSR count). The van der Waals surface area contributed by atoms with Crippen LogP contribution in [0.2, 0.25) is 0 Å². The third kappa shape index (κ3) is 3.00. The summed E-state index contributed by atoms with van der Waals surface area (Å²) in [6.45, 7) is 3.57. The highest BCUT2D eigenvalue weighted by Crippen LogP contribution is 2.16. The van der Waals surface area contributed by atoms with Crippen molar-refractivity contribution in [3.8, 4) is 0 Å². The lowest BCUT2D eigenvalue weighted by Gasteiger charge is -2.25. The molecule has 0 aliphatic carbocycles. The molecule has 0 atom stereocenters. The van der Waals surface area contributed by atoms with E-state index >= 15 is 0 Å². The molecule has 1 aromatic rings. The van der Waals surface area contributed by atoms with Gasteiger partial charge in [-0.15, -0.1) is 0 Å². The Balaban J connectivity index is 2.15. The number of nitrogens with two attached hydrogens (primary N) is 1. The topological polar surface area (TPSA) is 59.2 Å². The van der Waals surface area contributed by atoms with Gasteiger partial charge >= 0.3 is 0 Å². The predicted molar refractivity (Wildman–Crippen MR) is 72.4 cm³/mol. The van der Waals surface area contributed by atoms with E-state index in [1.807, 2.05) is 11.8 Å². The van der Waals surface area contributed by atoms with E-state index < -0.39 is 0 Å². The van der Waals surface area contributed by atoms with Crippen molar-refractivity contribution in [3.05, 3.63) is 23.5 Å². The zero-order valence-corrected chi connectivity index (χ0v) is 11.0. The number of carbonyl (C=O) groups is 1. The number of aryl methyl sites for hydroxylation is 1. The van der Waals surface area contributed by atoms with Crippen molar-refractivity contribution in [2.75, 3.05) is 18.8 Å². The van der Waals surface area contributed by atoms with Gasteiger partial charge in [0.15, 0.2) is 0 Å². The molecule has 0 spiro atoms. The minimum Gasteiger partial charge on any atom is -0.397 e. The summed E-state index contributed by atoms with van der Waals surface area (Å²) in [6.07, 6.45) is 7.53. The maximum Gasteiger partial charge on any atom is 0.255 e. The molecule has 2 N–H and O–H groups in total. The molecule has 0 unspecified atom stereocenters. The fourth-order valence-electron chi connectivity index (χ4n) is 2.39. The molecule has 1 aromatic heterocycles. The molecule has 0 radical (unpaired) electrons. The number of hydrogen-bond acceptors (Lipinski definition) is 3. The number of likely N-dealkylation sites (tertiary alicyclic amines) is 1. The molecule has 1 saturated heterocycles. The summed E-state index contributed by atoms with van der Waals surface area (Å²) in [5, 5.41) is 0. The Bertz CT molecular complexity index is 423. The van der Waals surface area contributed by atoms with Gasteiger partial charge < -0.3 is 10.6 Å². The lowest BCUT2D eigenvalue weighted by Crippen LogP contribution is -2.34. The fraction of sp³-hybridized carbons (Fsp3) is 0.571. The van der Waals surface area contributed by atoms with Crippen LogP contribution in [0.1, 0.15) is 48.2 Å². The Hall–Kier alpha value is -1.58. The minimum absolute atomic E-state index is 0.0780. The van der Waals surface area contributed by atoms with Crippen LogP contribution in [-0.2, 0) is 0 Å². The first kappa shape index (κ1) is 12.9. The van der Waals surface area contributed by atoms with Crippen LogP contribution in [0.25, 0.3) is 0 Å². The number of anilines is 1. The first-order valence-electron chi connectivity index (χ1n) is 6.70. The highest BCUT2D eigenvalue weighted by Gasteiger charge is 2.19. The van der Waals surface area contributed by atoms with E-state index in [1.54, 1.807) is 12.3 Å². The Morgan fingerprint density at radius 2 is 1.83 bits per heavy atom. The van der Waals surface area contributed by atoms with Crippen LogP contribution in [-0.4, -0.2) is 28.9 Å². The zero-order valence-electron chi connectivity index (χ0n) is 11.0. The van der Waals surface area contributed by atoms with Crippen molar-refractivity contribution in [1.29, 1.82) is 0 Å². The maximum absolute atomic E-state index is 12.5. The maximum atomic E-state index is 12.5. The van der Waals surface area contributed by atoms with Gasteiger partial charge in [-0.3, -0.25) is 9.78 Å². The summed E-state index contributed by atoms with van der Waals surface area (Å²) >= 11 is 0. The summed E-state index contributed by atoms with van der Waals surface area (Å²) in [6, 6.07) is 1.74. The van der Waals surface area contributed by atoms with Crippen LogP contribution in [0, 0.1) is 6.92 Å². The van der Waals surface area contributed by atoms with E-state index in [0.29, 0.717) is 11.3 Å². The van der Waals surface area contributed by atoms with Crippen LogP contribution in [0.4, 0.5) is 5.69 Å². The predicted octanol–water partition coefficient (Wildman–Crippen LogP) is 2.38. The summed E-state index contributed by atoms with van der Waals surface area (Å²) in [7, 11) is 0. The lowest BCUT2D eigenvalue weighted by atomic mass is 10.1. The molecule has 4 heteroatoms. The van der Waals surface area contributed by atoms with Crippen LogP contribution in [0.5, 0.6) is 0 Å². The van der Waals surface area contributed by atoms with Crippen molar-refractivity contribution in [3.63, 3.8) is 0 Å². The average Bonchev–Trinajstić information content (AvgIpc) is 2.31. The lowest BCUT2D eigenvalue weighted by molar-refractivity contribution is 0.0741. The van der Waals surface area contributed by atoms with Crippen molar-refractivity contribution in [2.45, 2.75) is 39.0 Å². The van der Waals surface area contributed by atoms with E-state index in [9.17, 15) is 4.79 Å². The molecule has 4 nitrogen and oxygen atoms in total. The summed E-state index contributed by atoms with van der Waals surface area (Å²) < 4.78 is 0. The van der Waals surface area contributed by atoms with Crippen LogP contribution >= 0.6 is 0 Å². The van der Waals surface area contributed by atoms with Gasteiger partial charge in [-0.1, -0.05) is 19.3 Å². The molecule has 18 heavy (non-hydrogen) atoms. The van der Waals surface area contributed by atoms with Crippen molar-refractivity contribution >= 4 is 11.6 Å². The third-order valence-electron chi connectivity index (χ3n) is 3.48. The largest absolute Gasteiger partial charge is 0.397 e. The molecule has 1 fully saturated rings. The molecular formula is C14H21N3O. The molecule has 1 aliphatic heterocycles. The fourth-order valence-corrected chi connectivity index (χ4v) is 2.39. The van der Waals surface area contributed by atoms with E-state index in [0.717, 1.165) is 31.6 Å². The number of nitrogen functional groups attached to an aromatic ring is 1. The number of pyridine rings is 1. The number of carbonyl (C=O) groups excluding carboxylic acids is 1. The summed E-state index contributed by atoms with van der Waals surface area (Å²) in [4.78, 5) is 18.6. The molecule has 1 aliphatic rings. The number of aromatic nitrogens is 1. The standard InChI is InChI=1S/C14H21N3O/c1-11-13(9-12(15)10-16-11)14(18)17-7-5-3-2-4-6-8-17/h9-10H,2-8,15H2,1H3. The molecule has 98 valence electrons. The van der Waals surface area contributed by atoms with Gasteiger partial charge in [-0.2, -0.15) is 0 Å². The van der Waals surface area contributed by atoms with Gasteiger partial charge in [0.2, 0.25) is 0 Å². The Morgan fingerprint density at radius 1 is 1.22 bits per heavy atom. The first-order valence-corrected chi connectivity index (χ1v) is 6.70. The zero-order chi connectivity index (χ0) is 13.0. The number of hydrogen-bond donors (Lipinski definition) is 1.